The first-order valence-corrected chi connectivity index (χ1v) is 7.78. The zero-order chi connectivity index (χ0) is 14.7. The molecule has 3 heterocycles. The minimum atomic E-state index is -0.826. The van der Waals surface area contributed by atoms with Crippen LogP contribution in [-0.4, -0.2) is 48.4 Å². The van der Waals surface area contributed by atoms with Gasteiger partial charge in [0.2, 0.25) is 0 Å². The van der Waals surface area contributed by atoms with Crippen LogP contribution in [0.1, 0.15) is 18.9 Å². The van der Waals surface area contributed by atoms with Gasteiger partial charge in [0.25, 0.3) is 0 Å². The summed E-state index contributed by atoms with van der Waals surface area (Å²) in [5, 5.41) is 14.5. The van der Waals surface area contributed by atoms with Gasteiger partial charge in [-0.25, -0.2) is 19.4 Å². The van der Waals surface area contributed by atoms with Gasteiger partial charge in [-0.15, -0.1) is 0 Å². The van der Waals surface area contributed by atoms with Gasteiger partial charge in [-0.05, 0) is 35.4 Å². The van der Waals surface area contributed by atoms with Crippen LogP contribution < -0.4 is 5.73 Å². The summed E-state index contributed by atoms with van der Waals surface area (Å²) in [5.41, 5.74) is 6.65. The monoisotopic (exact) mass is 400 g/mol. The first-order chi connectivity index (χ1) is 10.1. The van der Waals surface area contributed by atoms with Crippen LogP contribution in [-0.2, 0) is 0 Å². The quantitative estimate of drug-likeness (QED) is 0.699. The van der Waals surface area contributed by atoms with Crippen molar-refractivity contribution in [1.29, 1.82) is 0 Å². The van der Waals surface area contributed by atoms with E-state index in [0.717, 1.165) is 27.6 Å². The first kappa shape index (κ1) is 13.0. The molecule has 3 N–H and O–H groups in total. The van der Waals surface area contributed by atoms with E-state index in [1.807, 2.05) is 4.68 Å². The second-order valence-electron chi connectivity index (χ2n) is 5.58. The molecule has 0 aromatic carbocycles. The first-order valence-electron chi connectivity index (χ1n) is 6.70. The van der Waals surface area contributed by atoms with Crippen LogP contribution in [0.15, 0.2) is 6.33 Å². The summed E-state index contributed by atoms with van der Waals surface area (Å²) in [4.78, 5) is 21.0. The van der Waals surface area contributed by atoms with Crippen molar-refractivity contribution in [3.05, 3.63) is 10.0 Å². The molecule has 2 fully saturated rings. The predicted octanol–water partition coefficient (Wildman–Crippen LogP) is 1.33. The maximum Gasteiger partial charge on any atom is 0.407 e. The molecule has 8 nitrogen and oxygen atoms in total. The highest BCUT2D eigenvalue weighted by Crippen LogP contribution is 2.45. The zero-order valence-electron chi connectivity index (χ0n) is 11.0. The van der Waals surface area contributed by atoms with Gasteiger partial charge in [-0.2, -0.15) is 5.10 Å². The fourth-order valence-corrected chi connectivity index (χ4v) is 4.39. The molecule has 1 saturated carbocycles. The van der Waals surface area contributed by atoms with E-state index in [4.69, 9.17) is 10.8 Å². The van der Waals surface area contributed by atoms with Gasteiger partial charge in [-0.1, -0.05) is 0 Å². The minimum Gasteiger partial charge on any atom is -0.465 e. The Morgan fingerprint density at radius 1 is 1.43 bits per heavy atom. The van der Waals surface area contributed by atoms with Crippen LogP contribution in [0.5, 0.6) is 0 Å². The smallest absolute Gasteiger partial charge is 0.407 e. The summed E-state index contributed by atoms with van der Waals surface area (Å²) in [6, 6.07) is 0.277. The summed E-state index contributed by atoms with van der Waals surface area (Å²) in [7, 11) is 0. The molecule has 1 aliphatic heterocycles. The van der Waals surface area contributed by atoms with Crippen LogP contribution in [0.3, 0.4) is 0 Å². The van der Waals surface area contributed by atoms with E-state index in [1.54, 1.807) is 4.90 Å². The Labute approximate surface area is 133 Å². The van der Waals surface area contributed by atoms with E-state index in [1.165, 1.54) is 6.33 Å². The number of piperidine rings is 1. The molecular formula is C12H13IN6O2. The number of aromatic nitrogens is 4. The topological polar surface area (TPSA) is 110 Å². The Balaban J connectivity index is 1.74. The molecule has 4 rings (SSSR count). The molecule has 2 aromatic heterocycles. The van der Waals surface area contributed by atoms with Crippen LogP contribution >= 0.6 is 22.6 Å². The summed E-state index contributed by atoms with van der Waals surface area (Å²) < 4.78 is 2.71. The largest absolute Gasteiger partial charge is 0.465 e. The minimum absolute atomic E-state index is 0.0913. The number of carboxylic acid groups (broad SMARTS) is 1. The number of hydrogen-bond acceptors (Lipinski definition) is 5. The van der Waals surface area contributed by atoms with Crippen LogP contribution in [0.2, 0.25) is 0 Å². The van der Waals surface area contributed by atoms with E-state index in [0.29, 0.717) is 18.3 Å². The molecule has 1 aliphatic carbocycles. The molecule has 2 aromatic rings. The van der Waals surface area contributed by atoms with Crippen molar-refractivity contribution < 1.29 is 9.90 Å². The van der Waals surface area contributed by atoms with Crippen molar-refractivity contribution in [3.8, 4) is 0 Å². The molecule has 0 radical (unpaired) electrons. The van der Waals surface area contributed by atoms with Gasteiger partial charge in [0, 0.05) is 18.5 Å². The number of halogens is 1. The number of nitrogens with zero attached hydrogens (tertiary/aromatic N) is 5. The van der Waals surface area contributed by atoms with Crippen molar-refractivity contribution in [2.45, 2.75) is 24.9 Å². The number of rotatable bonds is 1. The second-order valence-corrected chi connectivity index (χ2v) is 6.60. The van der Waals surface area contributed by atoms with Crippen LogP contribution in [0, 0.1) is 9.62 Å². The molecule has 9 heteroatoms. The van der Waals surface area contributed by atoms with Gasteiger partial charge >= 0.3 is 6.09 Å². The maximum absolute atomic E-state index is 11.2. The fraction of sp³-hybridized carbons (Fsp3) is 0.500. The summed E-state index contributed by atoms with van der Waals surface area (Å²) in [5.74, 6) is 0.729. The number of likely N-dealkylation sites (tertiary alicyclic amines) is 1. The Morgan fingerprint density at radius 3 is 2.90 bits per heavy atom. The average Bonchev–Trinajstić information content (AvgIpc) is 3.11. The van der Waals surface area contributed by atoms with E-state index in [-0.39, 0.29) is 12.1 Å². The maximum atomic E-state index is 11.2. The molecule has 0 spiro atoms. The average molecular weight is 400 g/mol. The van der Waals surface area contributed by atoms with Gasteiger partial charge in [-0.3, -0.25) is 0 Å². The molecule has 0 unspecified atom stereocenters. The van der Waals surface area contributed by atoms with Crippen LogP contribution in [0.25, 0.3) is 11.0 Å². The van der Waals surface area contributed by atoms with Crippen molar-refractivity contribution >= 4 is 45.5 Å². The molecule has 1 amide bonds. The van der Waals surface area contributed by atoms with E-state index < -0.39 is 6.09 Å². The Kier molecular flexibility index (Phi) is 2.75. The Morgan fingerprint density at radius 2 is 2.24 bits per heavy atom. The summed E-state index contributed by atoms with van der Waals surface area (Å²) in [6.45, 7) is 0.573. The second kappa shape index (κ2) is 4.42. The van der Waals surface area contributed by atoms with E-state index in [9.17, 15) is 4.79 Å². The Bertz CT molecular complexity index is 747. The molecule has 2 bridgehead atoms. The van der Waals surface area contributed by atoms with Gasteiger partial charge in [0.15, 0.2) is 5.65 Å². The number of amides is 1. The van der Waals surface area contributed by atoms with Crippen molar-refractivity contribution in [2.24, 2.45) is 5.92 Å². The van der Waals surface area contributed by atoms with Gasteiger partial charge < -0.3 is 15.7 Å². The van der Waals surface area contributed by atoms with Crippen molar-refractivity contribution in [3.63, 3.8) is 0 Å². The number of anilines is 1. The lowest BCUT2D eigenvalue weighted by molar-refractivity contribution is 0.120. The number of fused-ring (bicyclic) bond motifs is 3. The highest BCUT2D eigenvalue weighted by Gasteiger charge is 2.48. The predicted molar refractivity (Wildman–Crippen MR) is 82.7 cm³/mol. The Hall–Kier alpha value is -1.65. The SMILES string of the molecule is Nc1ncnc2c1c(I)nn2[C@H]1C[C@H]2C[C@@H]1CN2C(=O)O. The van der Waals surface area contributed by atoms with Crippen LogP contribution in [0.4, 0.5) is 10.6 Å². The van der Waals surface area contributed by atoms with Gasteiger partial charge in [0.1, 0.15) is 15.8 Å². The highest BCUT2D eigenvalue weighted by molar-refractivity contribution is 14.1. The lowest BCUT2D eigenvalue weighted by Gasteiger charge is -2.29. The number of nitrogen functional groups attached to an aromatic ring is 1. The normalized spacial score (nSPS) is 27.7. The molecule has 21 heavy (non-hydrogen) atoms. The lowest BCUT2D eigenvalue weighted by Crippen LogP contribution is -2.39. The molecule has 2 aliphatic rings. The summed E-state index contributed by atoms with van der Waals surface area (Å²) >= 11 is 2.14. The van der Waals surface area contributed by atoms with Crippen molar-refractivity contribution in [2.75, 3.05) is 12.3 Å². The lowest BCUT2D eigenvalue weighted by atomic mass is 10.0. The number of hydrogen-bond donors (Lipinski definition) is 2. The zero-order valence-corrected chi connectivity index (χ0v) is 13.1. The fourth-order valence-electron chi connectivity index (χ4n) is 3.64. The molecule has 110 valence electrons. The highest BCUT2D eigenvalue weighted by atomic mass is 127. The molecular weight excluding hydrogens is 387 g/mol. The molecule has 3 atom stereocenters. The van der Waals surface area contributed by atoms with E-state index >= 15 is 0 Å². The third-order valence-corrected chi connectivity index (χ3v) is 5.29. The standard InChI is InChI=1S/C12H13IN6O2/c13-9-8-10(14)15-4-16-11(8)19(17-9)7-2-6-1-5(7)3-18(6)12(20)21/h4-7H,1-3H2,(H,20,21)(H2,14,15,16)/t5-,6-,7+/m1/s1. The van der Waals surface area contributed by atoms with E-state index in [2.05, 4.69) is 37.7 Å². The summed E-state index contributed by atoms with van der Waals surface area (Å²) in [6.07, 6.45) is 2.30. The van der Waals surface area contributed by atoms with Crippen molar-refractivity contribution in [1.82, 2.24) is 24.6 Å². The number of carbonyl (C=O) groups is 1. The third kappa shape index (κ3) is 1.79. The van der Waals surface area contributed by atoms with Gasteiger partial charge in [0.05, 0.1) is 11.4 Å². The number of nitrogens with two attached hydrogens (primary N) is 1. The molecule has 1 saturated heterocycles. The third-order valence-electron chi connectivity index (χ3n) is 4.54.